The van der Waals surface area contributed by atoms with Gasteiger partial charge in [-0.3, -0.25) is 4.79 Å². The number of piperidine rings is 1. The van der Waals surface area contributed by atoms with Gasteiger partial charge in [0.15, 0.2) is 0 Å². The first kappa shape index (κ1) is 15.3. The van der Waals surface area contributed by atoms with Gasteiger partial charge in [-0.05, 0) is 38.1 Å². The van der Waals surface area contributed by atoms with E-state index in [1.807, 2.05) is 0 Å². The molecule has 2 aliphatic rings. The van der Waals surface area contributed by atoms with Gasteiger partial charge in [-0.15, -0.1) is 0 Å². The largest absolute Gasteiger partial charge is 0.418 e. The maximum Gasteiger partial charge on any atom is 0.418 e. The number of alkyl halides is 3. The van der Waals surface area contributed by atoms with E-state index >= 15 is 0 Å². The highest BCUT2D eigenvalue weighted by molar-refractivity contribution is 5.96. The van der Waals surface area contributed by atoms with Crippen LogP contribution in [0.5, 0.6) is 0 Å². The summed E-state index contributed by atoms with van der Waals surface area (Å²) in [5.74, 6) is -0.430. The Morgan fingerprint density at radius 1 is 1.18 bits per heavy atom. The lowest BCUT2D eigenvalue weighted by Gasteiger charge is -2.45. The Hall–Kier alpha value is -1.60. The van der Waals surface area contributed by atoms with Crippen LogP contribution in [0, 0.1) is 0 Å². The molecule has 0 unspecified atom stereocenters. The van der Waals surface area contributed by atoms with Crippen molar-refractivity contribution >= 4 is 11.6 Å². The van der Waals surface area contributed by atoms with Gasteiger partial charge in [0.1, 0.15) is 6.61 Å². The third kappa shape index (κ3) is 2.83. The molecule has 0 bridgehead atoms. The molecule has 0 atom stereocenters. The second-order valence-electron chi connectivity index (χ2n) is 5.72. The van der Waals surface area contributed by atoms with Crippen molar-refractivity contribution in [1.82, 2.24) is 5.32 Å². The number of hydrogen-bond donors (Lipinski definition) is 1. The van der Waals surface area contributed by atoms with Crippen molar-refractivity contribution in [2.24, 2.45) is 0 Å². The first-order valence-corrected chi connectivity index (χ1v) is 7.23. The zero-order valence-corrected chi connectivity index (χ0v) is 11.9. The standard InChI is InChI=1S/C15H17F3N2O2/c16-15(17,18)11-3-1-2-4-12(11)20-10-14(22-9-13(20)21)5-7-19-8-6-14/h1-4,19H,5-10H2. The highest BCUT2D eigenvalue weighted by atomic mass is 19.4. The molecule has 2 fully saturated rings. The molecule has 3 rings (SSSR count). The Labute approximate surface area is 126 Å². The summed E-state index contributed by atoms with van der Waals surface area (Å²) in [6.45, 7) is 1.47. The van der Waals surface area contributed by atoms with Gasteiger partial charge in [0, 0.05) is 0 Å². The number of carbonyl (C=O) groups excluding carboxylic acids is 1. The highest BCUT2D eigenvalue weighted by Crippen LogP contribution is 2.39. The number of benzene rings is 1. The molecule has 1 aromatic rings. The second-order valence-corrected chi connectivity index (χ2v) is 5.72. The quantitative estimate of drug-likeness (QED) is 0.864. The van der Waals surface area contributed by atoms with E-state index in [0.29, 0.717) is 12.8 Å². The first-order chi connectivity index (χ1) is 10.4. The van der Waals surface area contributed by atoms with E-state index in [2.05, 4.69) is 5.32 Å². The number of ether oxygens (including phenoxy) is 1. The van der Waals surface area contributed by atoms with Crippen LogP contribution in [0.25, 0.3) is 0 Å². The lowest BCUT2D eigenvalue weighted by Crippen LogP contribution is -2.58. The number of hydrogen-bond acceptors (Lipinski definition) is 3. The molecule has 2 saturated heterocycles. The van der Waals surface area contributed by atoms with Crippen molar-refractivity contribution in [3.8, 4) is 0 Å². The third-order valence-electron chi connectivity index (χ3n) is 4.26. The monoisotopic (exact) mass is 314 g/mol. The minimum absolute atomic E-state index is 0.0822. The van der Waals surface area contributed by atoms with Crippen molar-refractivity contribution in [1.29, 1.82) is 0 Å². The number of para-hydroxylation sites is 1. The van der Waals surface area contributed by atoms with Crippen LogP contribution in [0.15, 0.2) is 24.3 Å². The Kier molecular flexibility index (Phi) is 3.86. The molecule has 120 valence electrons. The Balaban J connectivity index is 1.94. The SMILES string of the molecule is O=C1COC2(CCNCC2)CN1c1ccccc1C(F)(F)F. The zero-order valence-electron chi connectivity index (χ0n) is 11.9. The maximum absolute atomic E-state index is 13.2. The van der Waals surface area contributed by atoms with Crippen molar-refractivity contribution in [2.45, 2.75) is 24.6 Å². The summed E-state index contributed by atoms with van der Waals surface area (Å²) in [4.78, 5) is 13.4. The van der Waals surface area contributed by atoms with Gasteiger partial charge in [0.2, 0.25) is 0 Å². The van der Waals surface area contributed by atoms with E-state index in [-0.39, 0.29) is 18.8 Å². The van der Waals surface area contributed by atoms with E-state index < -0.39 is 23.2 Å². The van der Waals surface area contributed by atoms with Gasteiger partial charge in [-0.1, -0.05) is 12.1 Å². The lowest BCUT2D eigenvalue weighted by atomic mass is 9.90. The van der Waals surface area contributed by atoms with E-state index in [4.69, 9.17) is 4.74 Å². The predicted molar refractivity (Wildman–Crippen MR) is 74.6 cm³/mol. The molecule has 0 radical (unpaired) electrons. The van der Waals surface area contributed by atoms with Crippen LogP contribution in [0.3, 0.4) is 0 Å². The van der Waals surface area contributed by atoms with E-state index in [1.54, 1.807) is 0 Å². The number of halogens is 3. The molecule has 2 aliphatic heterocycles. The minimum Gasteiger partial charge on any atom is -0.363 e. The lowest BCUT2D eigenvalue weighted by molar-refractivity contribution is -0.143. The fourth-order valence-corrected chi connectivity index (χ4v) is 3.07. The van der Waals surface area contributed by atoms with Crippen molar-refractivity contribution < 1.29 is 22.7 Å². The van der Waals surface area contributed by atoms with Crippen LogP contribution in [-0.2, 0) is 15.7 Å². The summed E-state index contributed by atoms with van der Waals surface area (Å²) in [6.07, 6.45) is -3.12. The third-order valence-corrected chi connectivity index (χ3v) is 4.26. The fraction of sp³-hybridized carbons (Fsp3) is 0.533. The summed E-state index contributed by atoms with van der Waals surface area (Å²) >= 11 is 0. The molecule has 0 aliphatic carbocycles. The number of morpholine rings is 1. The number of nitrogens with one attached hydrogen (secondary N) is 1. The topological polar surface area (TPSA) is 41.6 Å². The molecule has 1 N–H and O–H groups in total. The van der Waals surface area contributed by atoms with Gasteiger partial charge in [0.05, 0.1) is 23.4 Å². The van der Waals surface area contributed by atoms with Gasteiger partial charge < -0.3 is 15.0 Å². The van der Waals surface area contributed by atoms with Gasteiger partial charge in [-0.25, -0.2) is 0 Å². The molecule has 22 heavy (non-hydrogen) atoms. The molecule has 0 saturated carbocycles. The average molecular weight is 314 g/mol. The van der Waals surface area contributed by atoms with Crippen molar-refractivity contribution in [2.75, 3.05) is 31.1 Å². The van der Waals surface area contributed by atoms with E-state index in [1.165, 1.54) is 23.1 Å². The zero-order chi connectivity index (χ0) is 15.8. The van der Waals surface area contributed by atoms with Crippen LogP contribution < -0.4 is 10.2 Å². The summed E-state index contributed by atoms with van der Waals surface area (Å²) in [5, 5.41) is 3.19. The van der Waals surface area contributed by atoms with Gasteiger partial charge in [-0.2, -0.15) is 13.2 Å². The number of amides is 1. The molecule has 2 heterocycles. The van der Waals surface area contributed by atoms with Gasteiger partial charge >= 0.3 is 6.18 Å². The summed E-state index contributed by atoms with van der Waals surface area (Å²) in [7, 11) is 0. The molecule has 4 nitrogen and oxygen atoms in total. The van der Waals surface area contributed by atoms with Crippen LogP contribution in [-0.4, -0.2) is 37.7 Å². The van der Waals surface area contributed by atoms with Crippen LogP contribution >= 0.6 is 0 Å². The molecule has 7 heteroatoms. The molecular formula is C15H17F3N2O2. The van der Waals surface area contributed by atoms with E-state index in [9.17, 15) is 18.0 Å². The minimum atomic E-state index is -4.49. The molecule has 1 spiro atoms. The molecule has 1 aromatic carbocycles. The highest BCUT2D eigenvalue weighted by Gasteiger charge is 2.43. The first-order valence-electron chi connectivity index (χ1n) is 7.23. The summed E-state index contributed by atoms with van der Waals surface area (Å²) in [6, 6.07) is 5.20. The Bertz CT molecular complexity index is 568. The summed E-state index contributed by atoms with van der Waals surface area (Å²) in [5.41, 5.74) is -1.41. The number of anilines is 1. The summed E-state index contributed by atoms with van der Waals surface area (Å²) < 4.78 is 45.2. The number of carbonyl (C=O) groups is 1. The molecule has 0 aromatic heterocycles. The number of rotatable bonds is 1. The smallest absolute Gasteiger partial charge is 0.363 e. The predicted octanol–water partition coefficient (Wildman–Crippen LogP) is 2.19. The second kappa shape index (κ2) is 5.55. The Morgan fingerprint density at radius 2 is 1.86 bits per heavy atom. The maximum atomic E-state index is 13.2. The van der Waals surface area contributed by atoms with E-state index in [0.717, 1.165) is 19.2 Å². The van der Waals surface area contributed by atoms with Crippen molar-refractivity contribution in [3.63, 3.8) is 0 Å². The van der Waals surface area contributed by atoms with Crippen molar-refractivity contribution in [3.05, 3.63) is 29.8 Å². The average Bonchev–Trinajstić information content (AvgIpc) is 2.50. The van der Waals surface area contributed by atoms with Crippen LogP contribution in [0.4, 0.5) is 18.9 Å². The molecular weight excluding hydrogens is 297 g/mol. The van der Waals surface area contributed by atoms with Crippen LogP contribution in [0.2, 0.25) is 0 Å². The number of nitrogens with zero attached hydrogens (tertiary/aromatic N) is 1. The Morgan fingerprint density at radius 3 is 2.55 bits per heavy atom. The fourth-order valence-electron chi connectivity index (χ4n) is 3.07. The normalized spacial score (nSPS) is 22.1. The van der Waals surface area contributed by atoms with Crippen LogP contribution in [0.1, 0.15) is 18.4 Å². The van der Waals surface area contributed by atoms with Gasteiger partial charge in [0.25, 0.3) is 5.91 Å². The molecule has 1 amide bonds.